The lowest BCUT2D eigenvalue weighted by molar-refractivity contribution is 0.883. The Kier molecular flexibility index (Phi) is 2.84. The highest BCUT2D eigenvalue weighted by molar-refractivity contribution is 5.43. The Balaban J connectivity index is 2.28. The summed E-state index contributed by atoms with van der Waals surface area (Å²) in [6, 6.07) is 0. The molecule has 82 valence electrons. The van der Waals surface area contributed by atoms with Crippen molar-refractivity contribution in [1.82, 2.24) is 15.0 Å². The van der Waals surface area contributed by atoms with Crippen LogP contribution in [0.3, 0.4) is 0 Å². The van der Waals surface area contributed by atoms with Gasteiger partial charge in [-0.05, 0) is 12.8 Å². The molecule has 0 amide bonds. The molecule has 1 saturated heterocycles. The molecular weight excluding hydrogens is 192 g/mol. The zero-order valence-corrected chi connectivity index (χ0v) is 9.12. The van der Waals surface area contributed by atoms with E-state index in [0.717, 1.165) is 19.0 Å². The third-order valence-corrected chi connectivity index (χ3v) is 2.46. The van der Waals surface area contributed by atoms with Gasteiger partial charge in [0, 0.05) is 27.2 Å². The van der Waals surface area contributed by atoms with Crippen LogP contribution in [0.5, 0.6) is 0 Å². The second-order valence-electron chi connectivity index (χ2n) is 3.48. The second-order valence-corrected chi connectivity index (χ2v) is 3.48. The van der Waals surface area contributed by atoms with E-state index in [1.807, 2.05) is 14.1 Å². The van der Waals surface area contributed by atoms with Gasteiger partial charge in [0.25, 0.3) is 0 Å². The molecule has 2 rings (SSSR count). The zero-order valence-electron chi connectivity index (χ0n) is 9.12. The Morgan fingerprint density at radius 3 is 1.93 bits per heavy atom. The first-order valence-corrected chi connectivity index (χ1v) is 5.20. The fourth-order valence-electron chi connectivity index (χ4n) is 1.65. The van der Waals surface area contributed by atoms with Crippen molar-refractivity contribution in [1.29, 1.82) is 0 Å². The van der Waals surface area contributed by atoms with Crippen LogP contribution in [0, 0.1) is 0 Å². The highest BCUT2D eigenvalue weighted by Crippen LogP contribution is 2.17. The first kappa shape index (κ1) is 9.95. The van der Waals surface area contributed by atoms with E-state index in [9.17, 15) is 0 Å². The minimum atomic E-state index is 0.608. The van der Waals surface area contributed by atoms with Crippen molar-refractivity contribution in [3.8, 4) is 0 Å². The van der Waals surface area contributed by atoms with Crippen molar-refractivity contribution in [2.75, 3.05) is 42.7 Å². The van der Waals surface area contributed by atoms with Gasteiger partial charge in [0.1, 0.15) is 0 Å². The minimum absolute atomic E-state index is 0.608. The lowest BCUT2D eigenvalue weighted by atomic mass is 10.4. The summed E-state index contributed by atoms with van der Waals surface area (Å²) < 4.78 is 0. The van der Waals surface area contributed by atoms with Crippen LogP contribution in [-0.4, -0.2) is 42.1 Å². The number of anilines is 3. The van der Waals surface area contributed by atoms with Crippen LogP contribution in [0.25, 0.3) is 0 Å². The highest BCUT2D eigenvalue weighted by atomic mass is 15.3. The maximum Gasteiger partial charge on any atom is 0.231 e. The maximum atomic E-state index is 4.33. The van der Waals surface area contributed by atoms with Crippen molar-refractivity contribution >= 4 is 17.8 Å². The van der Waals surface area contributed by atoms with Gasteiger partial charge in [-0.1, -0.05) is 0 Å². The zero-order chi connectivity index (χ0) is 10.7. The monoisotopic (exact) mass is 208 g/mol. The van der Waals surface area contributed by atoms with Crippen LogP contribution in [0.4, 0.5) is 17.8 Å². The minimum Gasteiger partial charge on any atom is -0.357 e. The van der Waals surface area contributed by atoms with Crippen molar-refractivity contribution in [2.45, 2.75) is 12.8 Å². The predicted octanol–water partition coefficient (Wildman–Crippen LogP) is 0.555. The van der Waals surface area contributed by atoms with Gasteiger partial charge in [-0.2, -0.15) is 15.0 Å². The van der Waals surface area contributed by atoms with E-state index in [1.165, 1.54) is 12.8 Å². The molecule has 15 heavy (non-hydrogen) atoms. The first-order valence-electron chi connectivity index (χ1n) is 5.20. The second kappa shape index (κ2) is 4.29. The van der Waals surface area contributed by atoms with E-state index < -0.39 is 0 Å². The molecule has 1 aromatic rings. The molecule has 2 N–H and O–H groups in total. The number of nitrogens with zero attached hydrogens (tertiary/aromatic N) is 4. The summed E-state index contributed by atoms with van der Waals surface area (Å²) in [4.78, 5) is 15.0. The van der Waals surface area contributed by atoms with Crippen molar-refractivity contribution in [3.63, 3.8) is 0 Å². The highest BCUT2D eigenvalue weighted by Gasteiger charge is 2.16. The van der Waals surface area contributed by atoms with Gasteiger partial charge >= 0.3 is 0 Å². The van der Waals surface area contributed by atoms with Crippen LogP contribution in [0.1, 0.15) is 12.8 Å². The molecule has 0 atom stereocenters. The molecule has 0 aliphatic carbocycles. The molecule has 0 bridgehead atoms. The first-order chi connectivity index (χ1) is 7.33. The van der Waals surface area contributed by atoms with Crippen LogP contribution < -0.4 is 15.5 Å². The topological polar surface area (TPSA) is 66.0 Å². The number of nitrogens with one attached hydrogen (secondary N) is 2. The lowest BCUT2D eigenvalue weighted by Crippen LogP contribution is -2.21. The molecule has 1 aliphatic rings. The summed E-state index contributed by atoms with van der Waals surface area (Å²) in [5.41, 5.74) is 0. The largest absolute Gasteiger partial charge is 0.357 e. The van der Waals surface area contributed by atoms with Crippen molar-refractivity contribution < 1.29 is 0 Å². The molecule has 1 fully saturated rings. The molecule has 1 aromatic heterocycles. The Morgan fingerprint density at radius 1 is 0.933 bits per heavy atom. The molecule has 2 heterocycles. The quantitative estimate of drug-likeness (QED) is 0.756. The summed E-state index contributed by atoms with van der Waals surface area (Å²) in [6.45, 7) is 2.08. The number of hydrogen-bond donors (Lipinski definition) is 2. The summed E-state index contributed by atoms with van der Waals surface area (Å²) in [5, 5.41) is 5.87. The fraction of sp³-hybridized carbons (Fsp3) is 0.667. The van der Waals surface area contributed by atoms with Gasteiger partial charge in [-0.3, -0.25) is 0 Å². The van der Waals surface area contributed by atoms with E-state index in [-0.39, 0.29) is 0 Å². The van der Waals surface area contributed by atoms with E-state index in [4.69, 9.17) is 0 Å². The van der Waals surface area contributed by atoms with Gasteiger partial charge in [0.05, 0.1) is 0 Å². The smallest absolute Gasteiger partial charge is 0.231 e. The molecule has 0 spiro atoms. The van der Waals surface area contributed by atoms with Gasteiger partial charge < -0.3 is 15.5 Å². The Labute approximate surface area is 89.1 Å². The molecular formula is C9H16N6. The number of rotatable bonds is 3. The fourth-order valence-corrected chi connectivity index (χ4v) is 1.65. The Bertz CT molecular complexity index is 311. The van der Waals surface area contributed by atoms with E-state index >= 15 is 0 Å². The maximum absolute atomic E-state index is 4.33. The molecule has 6 heteroatoms. The van der Waals surface area contributed by atoms with Gasteiger partial charge in [0.15, 0.2) is 0 Å². The van der Waals surface area contributed by atoms with Crippen LogP contribution >= 0.6 is 0 Å². The molecule has 0 unspecified atom stereocenters. The van der Waals surface area contributed by atoms with Gasteiger partial charge in [-0.15, -0.1) is 0 Å². The van der Waals surface area contributed by atoms with Crippen LogP contribution in [-0.2, 0) is 0 Å². The third-order valence-electron chi connectivity index (χ3n) is 2.46. The molecule has 0 saturated carbocycles. The van der Waals surface area contributed by atoms with Gasteiger partial charge in [-0.25, -0.2) is 0 Å². The van der Waals surface area contributed by atoms with Crippen LogP contribution in [0.2, 0.25) is 0 Å². The Morgan fingerprint density at radius 2 is 1.47 bits per heavy atom. The normalized spacial score (nSPS) is 15.5. The summed E-state index contributed by atoms with van der Waals surface area (Å²) in [7, 11) is 3.62. The molecule has 6 nitrogen and oxygen atoms in total. The van der Waals surface area contributed by atoms with E-state index in [0.29, 0.717) is 11.9 Å². The molecule has 1 aliphatic heterocycles. The van der Waals surface area contributed by atoms with E-state index in [2.05, 4.69) is 30.5 Å². The van der Waals surface area contributed by atoms with E-state index in [1.54, 1.807) is 0 Å². The number of hydrogen-bond acceptors (Lipinski definition) is 6. The van der Waals surface area contributed by atoms with Crippen LogP contribution in [0.15, 0.2) is 0 Å². The number of aromatic nitrogens is 3. The summed E-state index contributed by atoms with van der Waals surface area (Å²) in [6.07, 6.45) is 2.44. The Hall–Kier alpha value is -1.59. The molecule has 0 aromatic carbocycles. The van der Waals surface area contributed by atoms with Crippen molar-refractivity contribution in [2.24, 2.45) is 0 Å². The lowest BCUT2D eigenvalue weighted by Gasteiger charge is -2.16. The average Bonchev–Trinajstić information content (AvgIpc) is 2.81. The summed E-state index contributed by atoms with van der Waals surface area (Å²) in [5.74, 6) is 1.98. The average molecular weight is 208 g/mol. The standard InChI is InChI=1S/C9H16N6/c1-10-7-12-8(11-2)14-9(13-7)15-5-3-4-6-15/h3-6H2,1-2H3,(H2,10,11,12,13,14). The molecule has 0 radical (unpaired) electrons. The third kappa shape index (κ3) is 2.08. The predicted molar refractivity (Wildman–Crippen MR) is 60.4 cm³/mol. The summed E-state index contributed by atoms with van der Waals surface area (Å²) >= 11 is 0. The van der Waals surface area contributed by atoms with Gasteiger partial charge in [0.2, 0.25) is 17.8 Å². The van der Waals surface area contributed by atoms with Crippen molar-refractivity contribution in [3.05, 3.63) is 0 Å². The SMILES string of the molecule is CNc1nc(NC)nc(N2CCCC2)n1.